The zero-order chi connectivity index (χ0) is 13.4. The minimum atomic E-state index is 0.0965. The molecule has 1 aliphatic rings. The Morgan fingerprint density at radius 2 is 2.21 bits per heavy atom. The van der Waals surface area contributed by atoms with E-state index in [1.165, 1.54) is 5.56 Å². The van der Waals surface area contributed by atoms with Crippen LogP contribution in [0.5, 0.6) is 0 Å². The molecule has 19 heavy (non-hydrogen) atoms. The lowest BCUT2D eigenvalue weighted by molar-refractivity contribution is 0.557. The van der Waals surface area contributed by atoms with Gasteiger partial charge >= 0.3 is 0 Å². The van der Waals surface area contributed by atoms with E-state index in [1.54, 1.807) is 0 Å². The number of hydrogen-bond donors (Lipinski definition) is 1. The molecule has 1 atom stereocenters. The molecule has 1 unspecified atom stereocenters. The van der Waals surface area contributed by atoms with E-state index in [-0.39, 0.29) is 6.04 Å². The van der Waals surface area contributed by atoms with Crippen LogP contribution in [0.4, 0.5) is 0 Å². The fourth-order valence-electron chi connectivity index (χ4n) is 2.51. The molecule has 0 amide bonds. The topological polar surface area (TPSA) is 51.8 Å². The number of fused-ring (bicyclic) bond motifs is 1. The highest BCUT2D eigenvalue weighted by atomic mass is 79.9. The highest BCUT2D eigenvalue weighted by Crippen LogP contribution is 2.30. The van der Waals surface area contributed by atoms with Crippen LogP contribution in [0.15, 0.2) is 28.9 Å². The van der Waals surface area contributed by atoms with Gasteiger partial charge in [0.15, 0.2) is 5.82 Å². The average molecular weight is 318 g/mol. The summed E-state index contributed by atoms with van der Waals surface area (Å²) in [4.78, 5) is 9.19. The number of hydrogen-bond acceptors (Lipinski definition) is 3. The molecule has 2 N–H and O–H groups in total. The number of nitrogens with zero attached hydrogens (tertiary/aromatic N) is 2. The quantitative estimate of drug-likeness (QED) is 0.875. The number of aromatic nitrogens is 2. The molecule has 0 spiro atoms. The summed E-state index contributed by atoms with van der Waals surface area (Å²) in [7, 11) is 0. The third-order valence-electron chi connectivity index (χ3n) is 3.59. The summed E-state index contributed by atoms with van der Waals surface area (Å²) >= 11 is 3.59. The van der Waals surface area contributed by atoms with Crippen LogP contribution in [0.2, 0.25) is 0 Å². The van der Waals surface area contributed by atoms with Crippen LogP contribution in [0.1, 0.15) is 35.7 Å². The molecule has 3 rings (SSSR count). The first-order valence-corrected chi connectivity index (χ1v) is 7.32. The third kappa shape index (κ3) is 2.42. The second kappa shape index (κ2) is 5.02. The van der Waals surface area contributed by atoms with Crippen molar-refractivity contribution < 1.29 is 0 Å². The predicted molar refractivity (Wildman–Crippen MR) is 79.8 cm³/mol. The van der Waals surface area contributed by atoms with Crippen molar-refractivity contribution in [1.29, 1.82) is 0 Å². The summed E-state index contributed by atoms with van der Waals surface area (Å²) in [6.45, 7) is 2.07. The fraction of sp³-hybridized carbons (Fsp3) is 0.333. The van der Waals surface area contributed by atoms with Crippen molar-refractivity contribution in [3.8, 4) is 11.4 Å². The molecular formula is C15H16BrN3. The van der Waals surface area contributed by atoms with E-state index in [0.29, 0.717) is 0 Å². The lowest BCUT2D eigenvalue weighted by Gasteiger charge is -2.21. The Bertz CT molecular complexity index is 625. The van der Waals surface area contributed by atoms with Gasteiger partial charge in [0.1, 0.15) is 0 Å². The van der Waals surface area contributed by atoms with Crippen molar-refractivity contribution in [2.45, 2.75) is 32.2 Å². The van der Waals surface area contributed by atoms with Crippen LogP contribution in [-0.4, -0.2) is 9.97 Å². The summed E-state index contributed by atoms with van der Waals surface area (Å²) in [6.07, 6.45) is 5.04. The molecule has 0 aliphatic heterocycles. The van der Waals surface area contributed by atoms with E-state index in [0.717, 1.165) is 46.4 Å². The molecule has 0 saturated heterocycles. The maximum absolute atomic E-state index is 6.10. The van der Waals surface area contributed by atoms with Gasteiger partial charge in [0.05, 0.1) is 0 Å². The summed E-state index contributed by atoms with van der Waals surface area (Å²) in [5.41, 5.74) is 10.6. The Morgan fingerprint density at radius 1 is 1.37 bits per heavy atom. The van der Waals surface area contributed by atoms with Gasteiger partial charge in [-0.2, -0.15) is 0 Å². The van der Waals surface area contributed by atoms with E-state index in [4.69, 9.17) is 10.7 Å². The Kier molecular flexibility index (Phi) is 3.37. The van der Waals surface area contributed by atoms with Gasteiger partial charge in [-0.15, -0.1) is 0 Å². The van der Waals surface area contributed by atoms with Gasteiger partial charge in [-0.05, 0) is 43.9 Å². The number of rotatable bonds is 1. The number of aryl methyl sites for hydroxylation is 2. The molecule has 2 aromatic rings. The van der Waals surface area contributed by atoms with E-state index < -0.39 is 0 Å². The Balaban J connectivity index is 2.06. The molecule has 1 aliphatic carbocycles. The van der Waals surface area contributed by atoms with Crippen LogP contribution < -0.4 is 5.73 Å². The summed E-state index contributed by atoms with van der Waals surface area (Å²) < 4.78 is 1.03. The third-order valence-corrected chi connectivity index (χ3v) is 4.25. The molecule has 0 radical (unpaired) electrons. The smallest absolute Gasteiger partial charge is 0.160 e. The molecule has 1 aromatic heterocycles. The van der Waals surface area contributed by atoms with Crippen LogP contribution in [-0.2, 0) is 6.42 Å². The van der Waals surface area contributed by atoms with Crippen molar-refractivity contribution in [2.24, 2.45) is 5.73 Å². The lowest BCUT2D eigenvalue weighted by atomic mass is 9.93. The van der Waals surface area contributed by atoms with E-state index in [9.17, 15) is 0 Å². The van der Waals surface area contributed by atoms with E-state index >= 15 is 0 Å². The van der Waals surface area contributed by atoms with Crippen molar-refractivity contribution >= 4 is 15.9 Å². The van der Waals surface area contributed by atoms with Gasteiger partial charge in [-0.25, -0.2) is 9.97 Å². The highest BCUT2D eigenvalue weighted by Gasteiger charge is 2.19. The summed E-state index contributed by atoms with van der Waals surface area (Å²) in [6, 6.07) is 6.32. The first-order chi connectivity index (χ1) is 9.15. The van der Waals surface area contributed by atoms with Crippen LogP contribution in [0.3, 0.4) is 0 Å². The van der Waals surface area contributed by atoms with Gasteiger partial charge in [0.2, 0.25) is 0 Å². The van der Waals surface area contributed by atoms with Gasteiger partial charge in [-0.3, -0.25) is 0 Å². The van der Waals surface area contributed by atoms with Gasteiger partial charge < -0.3 is 5.73 Å². The normalized spacial score (nSPS) is 18.2. The number of benzene rings is 1. The Hall–Kier alpha value is -1.26. The first kappa shape index (κ1) is 12.8. The zero-order valence-electron chi connectivity index (χ0n) is 10.9. The van der Waals surface area contributed by atoms with Gasteiger partial charge in [-0.1, -0.05) is 22.0 Å². The summed E-state index contributed by atoms with van der Waals surface area (Å²) in [5, 5.41) is 0. The largest absolute Gasteiger partial charge is 0.324 e. The monoisotopic (exact) mass is 317 g/mol. The molecule has 1 aromatic carbocycles. The second-order valence-corrected chi connectivity index (χ2v) is 5.93. The van der Waals surface area contributed by atoms with Crippen LogP contribution in [0.25, 0.3) is 11.4 Å². The molecule has 4 heteroatoms. The maximum atomic E-state index is 6.10. The number of halogens is 1. The molecule has 0 fully saturated rings. The Morgan fingerprint density at radius 3 is 3.00 bits per heavy atom. The van der Waals surface area contributed by atoms with Crippen molar-refractivity contribution in [3.63, 3.8) is 0 Å². The second-order valence-electron chi connectivity index (χ2n) is 5.08. The number of nitrogens with two attached hydrogens (primary N) is 1. The average Bonchev–Trinajstić information content (AvgIpc) is 2.38. The van der Waals surface area contributed by atoms with Crippen LogP contribution >= 0.6 is 15.9 Å². The SMILES string of the molecule is Cc1ccc(-c2ncc3c(n2)CCCC3N)c(Br)c1. The Labute approximate surface area is 121 Å². The predicted octanol–water partition coefficient (Wildman–Crippen LogP) is 3.55. The minimum absolute atomic E-state index is 0.0965. The van der Waals surface area contributed by atoms with Crippen molar-refractivity contribution in [1.82, 2.24) is 9.97 Å². The minimum Gasteiger partial charge on any atom is -0.324 e. The van der Waals surface area contributed by atoms with E-state index in [1.807, 2.05) is 6.20 Å². The molecule has 3 nitrogen and oxygen atoms in total. The first-order valence-electron chi connectivity index (χ1n) is 6.53. The molecule has 0 bridgehead atoms. The van der Waals surface area contributed by atoms with E-state index in [2.05, 4.69) is 46.0 Å². The van der Waals surface area contributed by atoms with Crippen molar-refractivity contribution in [2.75, 3.05) is 0 Å². The molecule has 1 heterocycles. The van der Waals surface area contributed by atoms with Crippen LogP contribution in [0, 0.1) is 6.92 Å². The highest BCUT2D eigenvalue weighted by molar-refractivity contribution is 9.10. The standard InChI is InChI=1S/C15H16BrN3/c1-9-5-6-10(12(16)7-9)15-18-8-11-13(17)3-2-4-14(11)19-15/h5-8,13H,2-4,17H2,1H3. The fourth-order valence-corrected chi connectivity index (χ4v) is 3.18. The molecular weight excluding hydrogens is 302 g/mol. The maximum Gasteiger partial charge on any atom is 0.160 e. The summed E-state index contributed by atoms with van der Waals surface area (Å²) in [5.74, 6) is 0.778. The van der Waals surface area contributed by atoms with Crippen molar-refractivity contribution in [3.05, 3.63) is 45.7 Å². The van der Waals surface area contributed by atoms with Gasteiger partial charge in [0.25, 0.3) is 0 Å². The lowest BCUT2D eigenvalue weighted by Crippen LogP contribution is -2.19. The van der Waals surface area contributed by atoms with Gasteiger partial charge in [0, 0.05) is 33.5 Å². The molecule has 98 valence electrons. The zero-order valence-corrected chi connectivity index (χ0v) is 12.4. The molecule has 0 saturated carbocycles.